The molecule has 2 aliphatic rings. The fourth-order valence-electron chi connectivity index (χ4n) is 4.76. The van der Waals surface area contributed by atoms with Gasteiger partial charge in [-0.25, -0.2) is 9.98 Å². The van der Waals surface area contributed by atoms with Crippen LogP contribution in [0.25, 0.3) is 11.1 Å². The molecule has 38 heavy (non-hydrogen) atoms. The Morgan fingerprint density at radius 1 is 1.00 bits per heavy atom. The number of nitrogens with zero attached hydrogens (tertiary/aromatic N) is 3. The number of hydrogen-bond acceptors (Lipinski definition) is 4. The van der Waals surface area contributed by atoms with Crippen LogP contribution in [0, 0.1) is 12.5 Å². The minimum atomic E-state index is 0.0534. The quantitative estimate of drug-likeness (QED) is 0.314. The summed E-state index contributed by atoms with van der Waals surface area (Å²) in [6.07, 6.45) is 19.4. The average molecular weight is 495 g/mol. The number of hydrogen-bond donors (Lipinski definition) is 1. The van der Waals surface area contributed by atoms with Gasteiger partial charge in [0, 0.05) is 36.1 Å². The van der Waals surface area contributed by atoms with E-state index < -0.39 is 0 Å². The van der Waals surface area contributed by atoms with Gasteiger partial charge in [-0.05, 0) is 41.7 Å². The highest BCUT2D eigenvalue weighted by atomic mass is 15.3. The van der Waals surface area contributed by atoms with Crippen LogP contribution in [-0.2, 0) is 6.42 Å². The number of anilines is 1. The van der Waals surface area contributed by atoms with Crippen molar-refractivity contribution in [1.29, 1.82) is 0 Å². The largest absolute Gasteiger partial charge is 0.332 e. The summed E-state index contributed by atoms with van der Waals surface area (Å²) in [5.74, 6) is 0.750. The number of para-hydroxylation sites is 1. The van der Waals surface area contributed by atoms with Gasteiger partial charge in [0.1, 0.15) is 0 Å². The van der Waals surface area contributed by atoms with E-state index in [4.69, 9.17) is 11.4 Å². The van der Waals surface area contributed by atoms with Crippen molar-refractivity contribution in [3.63, 3.8) is 0 Å². The summed E-state index contributed by atoms with van der Waals surface area (Å²) < 4.78 is 0. The lowest BCUT2D eigenvalue weighted by molar-refractivity contribution is 0.860. The van der Waals surface area contributed by atoms with Gasteiger partial charge in [0.2, 0.25) is 5.96 Å². The first kappa shape index (κ1) is 24.8. The maximum atomic E-state index is 5.54. The van der Waals surface area contributed by atoms with Gasteiger partial charge in [-0.15, -0.1) is 0 Å². The van der Waals surface area contributed by atoms with E-state index in [9.17, 15) is 0 Å². The molecule has 5 rings (SSSR count). The van der Waals surface area contributed by atoms with Crippen molar-refractivity contribution in [3.05, 3.63) is 138 Å². The number of nitrogens with one attached hydrogen (secondary N) is 1. The monoisotopic (exact) mass is 494 g/mol. The zero-order valence-electron chi connectivity index (χ0n) is 21.5. The van der Waals surface area contributed by atoms with Crippen LogP contribution in [0.5, 0.6) is 0 Å². The number of allylic oxidation sites excluding steroid dienone is 5. The van der Waals surface area contributed by atoms with Gasteiger partial charge in [0.15, 0.2) is 0 Å². The van der Waals surface area contributed by atoms with Crippen LogP contribution >= 0.6 is 0 Å². The molecule has 3 aromatic carbocycles. The number of terminal acetylenes is 1. The van der Waals surface area contributed by atoms with Crippen LogP contribution < -0.4 is 10.2 Å². The second-order valence-electron chi connectivity index (χ2n) is 9.16. The van der Waals surface area contributed by atoms with Crippen molar-refractivity contribution in [1.82, 2.24) is 5.32 Å². The molecule has 0 fully saturated rings. The Hall–Kier alpha value is -4.88. The van der Waals surface area contributed by atoms with Crippen LogP contribution in [0.4, 0.5) is 5.69 Å². The van der Waals surface area contributed by atoms with Crippen LogP contribution in [0.15, 0.2) is 131 Å². The lowest BCUT2D eigenvalue weighted by Gasteiger charge is -2.31. The predicted octanol–water partition coefficient (Wildman–Crippen LogP) is 7.01. The fraction of sp³-hybridized carbons (Fsp3) is 0.118. The Bertz CT molecular complexity index is 1500. The van der Waals surface area contributed by atoms with Crippen LogP contribution in [0.2, 0.25) is 0 Å². The van der Waals surface area contributed by atoms with Crippen LogP contribution in [-0.4, -0.2) is 18.2 Å². The highest BCUT2D eigenvalue weighted by Crippen LogP contribution is 2.32. The number of rotatable bonds is 3. The Kier molecular flexibility index (Phi) is 7.77. The van der Waals surface area contributed by atoms with Crippen LogP contribution in [0.1, 0.15) is 30.0 Å². The second-order valence-corrected chi connectivity index (χ2v) is 9.16. The van der Waals surface area contributed by atoms with Gasteiger partial charge in [0.05, 0.1) is 11.7 Å². The molecule has 2 heterocycles. The van der Waals surface area contributed by atoms with Crippen molar-refractivity contribution in [2.24, 2.45) is 9.98 Å². The molecular formula is C34H30N4. The Morgan fingerprint density at radius 2 is 1.74 bits per heavy atom. The first-order valence-electron chi connectivity index (χ1n) is 12.8. The molecule has 186 valence electrons. The number of benzene rings is 3. The second kappa shape index (κ2) is 11.9. The zero-order valence-corrected chi connectivity index (χ0v) is 21.5. The molecule has 2 aliphatic heterocycles. The average Bonchev–Trinajstić information content (AvgIpc) is 3.13. The number of guanidine groups is 1. The molecule has 1 N–H and O–H groups in total. The molecule has 1 unspecified atom stereocenters. The molecule has 0 saturated carbocycles. The smallest absolute Gasteiger partial charge is 0.208 e. The molecule has 0 aliphatic carbocycles. The zero-order chi connectivity index (χ0) is 26.2. The molecular weight excluding hydrogens is 464 g/mol. The van der Waals surface area contributed by atoms with Gasteiger partial charge in [-0.2, -0.15) is 0 Å². The highest BCUT2D eigenvalue weighted by Gasteiger charge is 2.24. The molecule has 0 aromatic heterocycles. The third kappa shape index (κ3) is 5.58. The van der Waals surface area contributed by atoms with Gasteiger partial charge in [-0.1, -0.05) is 110 Å². The maximum absolute atomic E-state index is 5.54. The van der Waals surface area contributed by atoms with Gasteiger partial charge < -0.3 is 10.2 Å². The van der Waals surface area contributed by atoms with Gasteiger partial charge in [0.25, 0.3) is 0 Å². The summed E-state index contributed by atoms with van der Waals surface area (Å²) in [4.78, 5) is 11.8. The lowest BCUT2D eigenvalue weighted by atomic mass is 9.97. The van der Waals surface area contributed by atoms with E-state index in [0.29, 0.717) is 6.42 Å². The summed E-state index contributed by atoms with van der Waals surface area (Å²) in [6.45, 7) is 2.19. The van der Waals surface area contributed by atoms with E-state index in [1.807, 2.05) is 24.3 Å². The van der Waals surface area contributed by atoms with E-state index in [2.05, 4.69) is 119 Å². The van der Waals surface area contributed by atoms with Crippen molar-refractivity contribution in [2.75, 3.05) is 4.90 Å². The minimum Gasteiger partial charge on any atom is -0.332 e. The van der Waals surface area contributed by atoms with Crippen molar-refractivity contribution >= 4 is 29.0 Å². The molecule has 0 radical (unpaired) electrons. The first-order valence-corrected chi connectivity index (χ1v) is 12.8. The lowest BCUT2D eigenvalue weighted by Crippen LogP contribution is -2.44. The summed E-state index contributed by atoms with van der Waals surface area (Å²) in [6, 6.07) is 31.6. The summed E-state index contributed by atoms with van der Waals surface area (Å²) >= 11 is 0. The van der Waals surface area contributed by atoms with E-state index >= 15 is 0 Å². The van der Waals surface area contributed by atoms with Gasteiger partial charge >= 0.3 is 0 Å². The van der Waals surface area contributed by atoms with Crippen molar-refractivity contribution in [3.8, 4) is 12.5 Å². The molecule has 3 aromatic rings. The summed E-state index contributed by atoms with van der Waals surface area (Å²) in [5, 5.41) is 3.57. The topological polar surface area (TPSA) is 40.0 Å². The predicted molar refractivity (Wildman–Crippen MR) is 161 cm³/mol. The van der Waals surface area contributed by atoms with E-state index in [-0.39, 0.29) is 6.04 Å². The molecule has 0 bridgehead atoms. The van der Waals surface area contributed by atoms with Crippen molar-refractivity contribution in [2.45, 2.75) is 25.8 Å². The number of fused-ring (bicyclic) bond motifs is 1. The Morgan fingerprint density at radius 3 is 2.53 bits per heavy atom. The number of aliphatic imine (C=N–C) groups is 2. The van der Waals surface area contributed by atoms with E-state index in [1.165, 1.54) is 5.56 Å². The van der Waals surface area contributed by atoms with Crippen LogP contribution in [0.3, 0.4) is 0 Å². The SMILES string of the molecule is C#C/N=C\C(=C1/CC(c2ccccc2)=CNC(N2c3ccccc3C/C=C\C=C/C2C)=N1)c1ccccc1. The fourth-order valence-corrected chi connectivity index (χ4v) is 4.76. The van der Waals surface area contributed by atoms with E-state index in [1.54, 1.807) is 6.21 Å². The molecule has 0 amide bonds. The summed E-state index contributed by atoms with van der Waals surface area (Å²) in [7, 11) is 0. The Labute approximate surface area is 225 Å². The molecule has 0 saturated heterocycles. The van der Waals surface area contributed by atoms with E-state index in [0.717, 1.165) is 46.0 Å². The minimum absolute atomic E-state index is 0.0534. The first-order chi connectivity index (χ1) is 18.7. The molecule has 0 spiro atoms. The normalized spacial score (nSPS) is 20.3. The molecule has 4 heteroatoms. The maximum Gasteiger partial charge on any atom is 0.208 e. The Balaban J connectivity index is 1.73. The molecule has 1 atom stereocenters. The molecule has 4 nitrogen and oxygen atoms in total. The summed E-state index contributed by atoms with van der Waals surface area (Å²) in [5.41, 5.74) is 7.42. The van der Waals surface area contributed by atoms with Gasteiger partial charge in [-0.3, -0.25) is 0 Å². The third-order valence-corrected chi connectivity index (χ3v) is 6.64. The third-order valence-electron chi connectivity index (χ3n) is 6.64. The van der Waals surface area contributed by atoms with Crippen molar-refractivity contribution < 1.29 is 0 Å². The standard InChI is InChI=1S/C34H30N4/c1-3-35-25-31(28-18-10-6-11-19-28)32-23-30(27-16-8-5-9-17-27)24-36-34(37-32)38-26(2)15-7-4-12-20-29-21-13-14-22-33(29)38/h1,4-19,21-22,24-26H,20,23H2,2H3,(H,36,37)/b12-4-,15-7-,32-31-,35-25-. The highest BCUT2D eigenvalue weighted by molar-refractivity contribution is 6.13.